The molecule has 0 amide bonds. The first-order valence-electron chi connectivity index (χ1n) is 3.25. The molecule has 14 heavy (non-hydrogen) atoms. The molecule has 0 saturated carbocycles. The van der Waals surface area contributed by atoms with Gasteiger partial charge in [0.1, 0.15) is 0 Å². The summed E-state index contributed by atoms with van der Waals surface area (Å²) >= 11 is 0. The Kier molecular flexibility index (Phi) is 3.38. The molecule has 0 radical (unpaired) electrons. The summed E-state index contributed by atoms with van der Waals surface area (Å²) in [6.45, 7) is 0.503. The second-order valence-electron chi connectivity index (χ2n) is 2.10. The van der Waals surface area contributed by atoms with E-state index in [0.717, 1.165) is 6.92 Å². The van der Waals surface area contributed by atoms with Gasteiger partial charge >= 0.3 is 17.9 Å². The van der Waals surface area contributed by atoms with Gasteiger partial charge in [0.2, 0.25) is 0 Å². The van der Waals surface area contributed by atoms with Gasteiger partial charge in [0, 0.05) is 0 Å². The Labute approximate surface area is 74.8 Å². The standard InChI is InChI=1S/C5H5F4NO4/c1-2-14-3(11)4(6,10(12)13)5(7,8)9/h2H2,1H3. The summed E-state index contributed by atoms with van der Waals surface area (Å²) in [5.74, 6) is -7.76. The van der Waals surface area contributed by atoms with Crippen LogP contribution in [0.3, 0.4) is 0 Å². The molecule has 0 aromatic rings. The average Bonchev–Trinajstić information content (AvgIpc) is 2.00. The summed E-state index contributed by atoms with van der Waals surface area (Å²) in [6, 6.07) is 0. The minimum absolute atomic E-state index is 0.589. The smallest absolute Gasteiger partial charge is 0.458 e. The van der Waals surface area contributed by atoms with Gasteiger partial charge in [-0.25, -0.2) is 4.79 Å². The molecule has 0 aromatic heterocycles. The summed E-state index contributed by atoms with van der Waals surface area (Å²) in [4.78, 5) is 17.8. The number of rotatable bonds is 3. The molecule has 0 aliphatic carbocycles. The van der Waals surface area contributed by atoms with E-state index in [1.54, 1.807) is 0 Å². The molecule has 0 saturated heterocycles. The SMILES string of the molecule is CCOC(=O)C(F)([N+](=O)[O-])C(F)(F)F. The highest BCUT2D eigenvalue weighted by Crippen LogP contribution is 2.35. The number of halogens is 4. The quantitative estimate of drug-likeness (QED) is 0.234. The molecule has 82 valence electrons. The molecule has 0 aliphatic heterocycles. The van der Waals surface area contributed by atoms with Gasteiger partial charge in [0.25, 0.3) is 0 Å². The van der Waals surface area contributed by atoms with Crippen molar-refractivity contribution < 1.29 is 32.0 Å². The molecular weight excluding hydrogens is 214 g/mol. The summed E-state index contributed by atoms with van der Waals surface area (Å²) in [7, 11) is 0. The predicted octanol–water partition coefficient (Wildman–Crippen LogP) is 1.05. The maximum atomic E-state index is 12.7. The number of alkyl halides is 4. The zero-order chi connectivity index (χ0) is 11.6. The number of ether oxygens (including phenoxy) is 1. The zero-order valence-corrected chi connectivity index (χ0v) is 6.80. The van der Waals surface area contributed by atoms with Crippen molar-refractivity contribution in [2.75, 3.05) is 6.61 Å². The van der Waals surface area contributed by atoms with Crippen LogP contribution in [0.15, 0.2) is 0 Å². The topological polar surface area (TPSA) is 69.4 Å². The molecular formula is C5H5F4NO4. The summed E-state index contributed by atoms with van der Waals surface area (Å²) in [6.07, 6.45) is -5.94. The fourth-order valence-electron chi connectivity index (χ4n) is 0.521. The van der Waals surface area contributed by atoms with E-state index >= 15 is 0 Å². The van der Waals surface area contributed by atoms with Crippen LogP contribution in [-0.4, -0.2) is 29.5 Å². The zero-order valence-electron chi connectivity index (χ0n) is 6.80. The summed E-state index contributed by atoms with van der Waals surface area (Å²) in [5.41, 5.74) is 0. The van der Waals surface area contributed by atoms with Crippen LogP contribution in [0.1, 0.15) is 6.92 Å². The van der Waals surface area contributed by atoms with Crippen molar-refractivity contribution in [3.05, 3.63) is 10.1 Å². The molecule has 0 heterocycles. The highest BCUT2D eigenvalue weighted by molar-refractivity contribution is 5.78. The first kappa shape index (κ1) is 12.6. The maximum Gasteiger partial charge on any atom is 0.549 e. The van der Waals surface area contributed by atoms with Crippen molar-refractivity contribution in [1.82, 2.24) is 0 Å². The van der Waals surface area contributed by atoms with Crippen molar-refractivity contribution in [3.63, 3.8) is 0 Å². The molecule has 0 spiro atoms. The number of nitrogens with zero attached hydrogens (tertiary/aromatic N) is 1. The lowest BCUT2D eigenvalue weighted by atomic mass is 10.2. The second kappa shape index (κ2) is 3.76. The van der Waals surface area contributed by atoms with Crippen molar-refractivity contribution >= 4 is 5.97 Å². The van der Waals surface area contributed by atoms with Crippen LogP contribution < -0.4 is 0 Å². The van der Waals surface area contributed by atoms with Crippen LogP contribution in [0.2, 0.25) is 0 Å². The largest absolute Gasteiger partial charge is 0.549 e. The minimum Gasteiger partial charge on any atom is -0.458 e. The van der Waals surface area contributed by atoms with Gasteiger partial charge in [-0.15, -0.1) is 4.39 Å². The molecule has 0 aromatic carbocycles. The number of hydrogen-bond donors (Lipinski definition) is 0. The number of carbonyl (C=O) groups excluding carboxylic acids is 1. The van der Waals surface area contributed by atoms with Crippen molar-refractivity contribution in [1.29, 1.82) is 0 Å². The van der Waals surface area contributed by atoms with Gasteiger partial charge in [-0.2, -0.15) is 13.2 Å². The fourth-order valence-corrected chi connectivity index (χ4v) is 0.521. The predicted molar refractivity (Wildman–Crippen MR) is 33.5 cm³/mol. The van der Waals surface area contributed by atoms with Crippen LogP contribution in [0.5, 0.6) is 0 Å². The van der Waals surface area contributed by atoms with E-state index in [-0.39, 0.29) is 0 Å². The van der Waals surface area contributed by atoms with Crippen LogP contribution in [0.25, 0.3) is 0 Å². The van der Waals surface area contributed by atoms with Gasteiger partial charge in [-0.3, -0.25) is 10.1 Å². The highest BCUT2D eigenvalue weighted by Gasteiger charge is 2.75. The lowest BCUT2D eigenvalue weighted by Gasteiger charge is -2.16. The molecule has 0 fully saturated rings. The Hall–Kier alpha value is -1.41. The monoisotopic (exact) mass is 219 g/mol. The van der Waals surface area contributed by atoms with Gasteiger partial charge < -0.3 is 4.74 Å². The van der Waals surface area contributed by atoms with Gasteiger partial charge in [0.05, 0.1) is 11.5 Å². The van der Waals surface area contributed by atoms with Crippen LogP contribution in [-0.2, 0) is 9.53 Å². The number of carbonyl (C=O) groups is 1. The van der Waals surface area contributed by atoms with Crippen molar-refractivity contribution in [2.24, 2.45) is 0 Å². The maximum absolute atomic E-state index is 12.7. The number of esters is 1. The van der Waals surface area contributed by atoms with E-state index in [1.807, 2.05) is 0 Å². The minimum atomic E-state index is -5.94. The fraction of sp³-hybridized carbons (Fsp3) is 0.800. The molecule has 5 nitrogen and oxygen atoms in total. The van der Waals surface area contributed by atoms with E-state index in [9.17, 15) is 32.5 Å². The van der Waals surface area contributed by atoms with Gasteiger partial charge in [-0.1, -0.05) is 0 Å². The van der Waals surface area contributed by atoms with E-state index in [1.165, 1.54) is 0 Å². The Morgan fingerprint density at radius 1 is 1.43 bits per heavy atom. The third kappa shape index (κ3) is 1.91. The Bertz CT molecular complexity index is 253. The number of nitro groups is 1. The third-order valence-corrected chi connectivity index (χ3v) is 1.17. The average molecular weight is 219 g/mol. The third-order valence-electron chi connectivity index (χ3n) is 1.17. The van der Waals surface area contributed by atoms with Crippen LogP contribution >= 0.6 is 0 Å². The Morgan fingerprint density at radius 2 is 1.86 bits per heavy atom. The van der Waals surface area contributed by atoms with E-state index in [4.69, 9.17) is 0 Å². The summed E-state index contributed by atoms with van der Waals surface area (Å²) < 4.78 is 51.8. The molecule has 1 unspecified atom stereocenters. The molecule has 9 heteroatoms. The van der Waals surface area contributed by atoms with Crippen molar-refractivity contribution in [3.8, 4) is 0 Å². The van der Waals surface area contributed by atoms with E-state index in [2.05, 4.69) is 4.74 Å². The van der Waals surface area contributed by atoms with Crippen LogP contribution in [0.4, 0.5) is 17.6 Å². The first-order chi connectivity index (χ1) is 6.17. The number of hydrogen-bond acceptors (Lipinski definition) is 4. The lowest BCUT2D eigenvalue weighted by molar-refractivity contribution is -0.631. The molecule has 0 N–H and O–H groups in total. The molecule has 0 aliphatic rings. The van der Waals surface area contributed by atoms with Gasteiger partial charge in [0.15, 0.2) is 0 Å². The molecule has 0 bridgehead atoms. The van der Waals surface area contributed by atoms with E-state index in [0.29, 0.717) is 0 Å². The Morgan fingerprint density at radius 3 is 2.07 bits per heavy atom. The Balaban J connectivity index is 5.12. The van der Waals surface area contributed by atoms with Gasteiger partial charge in [-0.05, 0) is 6.92 Å². The second-order valence-corrected chi connectivity index (χ2v) is 2.10. The molecule has 0 rings (SSSR count). The lowest BCUT2D eigenvalue weighted by Crippen LogP contribution is -2.55. The molecule has 1 atom stereocenters. The van der Waals surface area contributed by atoms with E-state index < -0.39 is 29.5 Å². The van der Waals surface area contributed by atoms with Crippen molar-refractivity contribution in [2.45, 2.75) is 18.9 Å². The highest BCUT2D eigenvalue weighted by atomic mass is 19.4. The normalized spacial score (nSPS) is 15.8. The summed E-state index contributed by atoms with van der Waals surface area (Å²) in [5, 5.41) is 9.79. The first-order valence-corrected chi connectivity index (χ1v) is 3.25. The van der Waals surface area contributed by atoms with Crippen LogP contribution in [0, 0.1) is 10.1 Å².